The number of hydrogen-bond acceptors (Lipinski definition) is 4. The van der Waals surface area contributed by atoms with E-state index in [4.69, 9.17) is 10.00 Å². The highest BCUT2D eigenvalue weighted by Crippen LogP contribution is 2.25. The second-order valence-electron chi connectivity index (χ2n) is 8.71. The minimum Gasteiger partial charge on any atom is -0.374 e. The van der Waals surface area contributed by atoms with Gasteiger partial charge in [-0.3, -0.25) is 14.4 Å². The molecule has 1 fully saturated rings. The van der Waals surface area contributed by atoms with Crippen molar-refractivity contribution in [3.63, 3.8) is 0 Å². The minimum absolute atomic E-state index is 0.00131. The maximum Gasteiger partial charge on any atom is 0.286 e. The molecule has 1 saturated heterocycles. The lowest BCUT2D eigenvalue weighted by Crippen LogP contribution is -2.34. The van der Waals surface area contributed by atoms with Crippen LogP contribution >= 0.6 is 15.9 Å². The summed E-state index contributed by atoms with van der Waals surface area (Å²) in [6, 6.07) is 12.0. The van der Waals surface area contributed by atoms with Crippen LogP contribution in [0.3, 0.4) is 0 Å². The van der Waals surface area contributed by atoms with Crippen LogP contribution in [0.2, 0.25) is 0 Å². The summed E-state index contributed by atoms with van der Waals surface area (Å²) in [5.74, 6) is 0.671. The van der Waals surface area contributed by atoms with E-state index in [1.54, 1.807) is 4.68 Å². The van der Waals surface area contributed by atoms with Crippen LogP contribution in [0.15, 0.2) is 63.4 Å². The average Bonchev–Trinajstić information content (AvgIpc) is 3.10. The number of hydrogen-bond donors (Lipinski definition) is 0. The Balaban J connectivity index is 1.30. The van der Waals surface area contributed by atoms with Crippen molar-refractivity contribution in [3.05, 3.63) is 74.7 Å². The fourth-order valence-corrected chi connectivity index (χ4v) is 5.21. The molecule has 1 aliphatic heterocycles. The van der Waals surface area contributed by atoms with Gasteiger partial charge < -0.3 is 4.74 Å². The number of likely N-dealkylation sites (tertiary alicyclic amines) is 1. The average molecular weight is 511 g/mol. The third-order valence-corrected chi connectivity index (χ3v) is 7.41. The van der Waals surface area contributed by atoms with Crippen LogP contribution in [0.4, 0.5) is 0 Å². The van der Waals surface area contributed by atoms with Gasteiger partial charge >= 0.3 is 0 Å². The van der Waals surface area contributed by atoms with Crippen molar-refractivity contribution >= 4 is 15.9 Å². The summed E-state index contributed by atoms with van der Waals surface area (Å²) < 4.78 is 10.5. The molecule has 2 aliphatic rings. The number of allylic oxidation sites excluding steroid dienone is 2. The van der Waals surface area contributed by atoms with Crippen molar-refractivity contribution in [1.29, 1.82) is 5.26 Å². The van der Waals surface area contributed by atoms with E-state index in [2.05, 4.69) is 38.5 Å². The number of benzene rings is 1. The highest BCUT2D eigenvalue weighted by Gasteiger charge is 2.24. The van der Waals surface area contributed by atoms with E-state index >= 15 is 0 Å². The van der Waals surface area contributed by atoms with Gasteiger partial charge in [-0.15, -0.1) is 0 Å². The number of nitrogens with zero attached hydrogens (tertiary/aromatic N) is 4. The van der Waals surface area contributed by atoms with Crippen LogP contribution < -0.4 is 5.56 Å². The Hall–Kier alpha value is -2.40. The molecule has 174 valence electrons. The summed E-state index contributed by atoms with van der Waals surface area (Å²) in [6.45, 7) is 6.41. The summed E-state index contributed by atoms with van der Waals surface area (Å²) in [5.41, 5.74) is 2.66. The van der Waals surface area contributed by atoms with E-state index in [1.807, 2.05) is 48.6 Å². The molecule has 4 rings (SSSR count). The molecule has 1 aromatic carbocycles. The second kappa shape index (κ2) is 11.1. The first-order valence-electron chi connectivity index (χ1n) is 11.8. The summed E-state index contributed by atoms with van der Waals surface area (Å²) in [7, 11) is 0. The lowest BCUT2D eigenvalue weighted by molar-refractivity contribution is 0.0646. The van der Waals surface area contributed by atoms with Gasteiger partial charge in [0.15, 0.2) is 0 Å². The molecule has 0 radical (unpaired) electrons. The lowest BCUT2D eigenvalue weighted by Gasteiger charge is -2.32. The topological polar surface area (TPSA) is 63.2 Å². The highest BCUT2D eigenvalue weighted by atomic mass is 79.9. The van der Waals surface area contributed by atoms with Gasteiger partial charge in [0.25, 0.3) is 5.56 Å². The molecule has 1 unspecified atom stereocenters. The highest BCUT2D eigenvalue weighted by molar-refractivity contribution is 9.10. The van der Waals surface area contributed by atoms with Gasteiger partial charge in [0.2, 0.25) is 0 Å². The molecule has 1 aromatic heterocycles. The largest absolute Gasteiger partial charge is 0.374 e. The van der Waals surface area contributed by atoms with E-state index in [0.29, 0.717) is 10.4 Å². The zero-order valence-corrected chi connectivity index (χ0v) is 20.7. The van der Waals surface area contributed by atoms with Gasteiger partial charge in [-0.2, -0.15) is 5.26 Å². The van der Waals surface area contributed by atoms with Crippen molar-refractivity contribution < 1.29 is 4.74 Å². The van der Waals surface area contributed by atoms with Gasteiger partial charge in [-0.1, -0.05) is 30.4 Å². The Labute approximate surface area is 203 Å². The van der Waals surface area contributed by atoms with Gasteiger partial charge in [0, 0.05) is 25.3 Å². The lowest BCUT2D eigenvalue weighted by atomic mass is 9.94. The summed E-state index contributed by atoms with van der Waals surface area (Å²) in [5, 5.41) is 8.91. The zero-order chi connectivity index (χ0) is 23.2. The van der Waals surface area contributed by atoms with Crippen LogP contribution in [0, 0.1) is 17.2 Å². The smallest absolute Gasteiger partial charge is 0.286 e. The fourth-order valence-electron chi connectivity index (χ4n) is 4.71. The first kappa shape index (κ1) is 23.7. The quantitative estimate of drug-likeness (QED) is 0.510. The number of aromatic nitrogens is 2. The van der Waals surface area contributed by atoms with E-state index in [1.165, 1.54) is 0 Å². The van der Waals surface area contributed by atoms with Crippen molar-refractivity contribution in [2.75, 3.05) is 19.7 Å². The first-order chi connectivity index (χ1) is 16.1. The number of ether oxygens (including phenoxy) is 1. The van der Waals surface area contributed by atoms with Crippen LogP contribution in [-0.4, -0.2) is 40.1 Å². The third kappa shape index (κ3) is 5.57. The Morgan fingerprint density at radius 3 is 2.61 bits per heavy atom. The molecule has 6 nitrogen and oxygen atoms in total. The standard InChI is InChI=1S/C26H31BrN4O2/c1-2-30-24(25(27)26(32)31(30)22-6-4-3-5-7-22)19-29-15-12-20(13-16-29)14-17-33-23-10-8-21(18-28)9-11-23/h3-10,20,23H,2,11-17,19H2,1H3. The maximum atomic E-state index is 13.0. The minimum atomic E-state index is -0.00131. The first-order valence-corrected chi connectivity index (χ1v) is 12.6. The predicted octanol–water partition coefficient (Wildman–Crippen LogP) is 4.82. The number of halogens is 1. The van der Waals surface area contributed by atoms with Crippen molar-refractivity contribution in [2.24, 2.45) is 5.92 Å². The molecular weight excluding hydrogens is 480 g/mol. The zero-order valence-electron chi connectivity index (χ0n) is 19.1. The van der Waals surface area contributed by atoms with Gasteiger partial charge in [-0.05, 0) is 85.8 Å². The fraction of sp³-hybridized carbons (Fsp3) is 0.462. The number of nitriles is 1. The van der Waals surface area contributed by atoms with Gasteiger partial charge in [0.1, 0.15) is 4.47 Å². The Bertz CT molecular complexity index is 1100. The molecule has 1 aliphatic carbocycles. The van der Waals surface area contributed by atoms with Gasteiger partial charge in [0.05, 0.1) is 23.6 Å². The number of rotatable bonds is 8. The van der Waals surface area contributed by atoms with Crippen LogP contribution in [0.1, 0.15) is 38.3 Å². The third-order valence-electron chi connectivity index (χ3n) is 6.61. The van der Waals surface area contributed by atoms with E-state index in [9.17, 15) is 4.79 Å². The molecule has 0 amide bonds. The van der Waals surface area contributed by atoms with Crippen LogP contribution in [0.5, 0.6) is 0 Å². The Morgan fingerprint density at radius 2 is 1.97 bits per heavy atom. The Kier molecular flexibility index (Phi) is 8.02. The van der Waals surface area contributed by atoms with Crippen LogP contribution in [-0.2, 0) is 17.8 Å². The number of para-hydroxylation sites is 1. The molecule has 0 bridgehead atoms. The molecule has 1 atom stereocenters. The van der Waals surface area contributed by atoms with E-state index < -0.39 is 0 Å². The predicted molar refractivity (Wildman–Crippen MR) is 133 cm³/mol. The molecule has 2 aromatic rings. The van der Waals surface area contributed by atoms with E-state index in [0.717, 1.165) is 75.4 Å². The van der Waals surface area contributed by atoms with Crippen molar-refractivity contribution in [1.82, 2.24) is 14.3 Å². The monoisotopic (exact) mass is 510 g/mol. The Morgan fingerprint density at radius 1 is 1.21 bits per heavy atom. The molecule has 0 saturated carbocycles. The second-order valence-corrected chi connectivity index (χ2v) is 9.51. The summed E-state index contributed by atoms with van der Waals surface area (Å²) in [6.07, 6.45) is 10.0. The van der Waals surface area contributed by atoms with Crippen molar-refractivity contribution in [2.45, 2.75) is 51.8 Å². The molecule has 2 heterocycles. The summed E-state index contributed by atoms with van der Waals surface area (Å²) in [4.78, 5) is 15.4. The molecular formula is C26H31BrN4O2. The molecule has 7 heteroatoms. The SMILES string of the molecule is CCn1c(CN2CCC(CCOC3C=CC(C#N)=CC3)CC2)c(Br)c(=O)n1-c1ccccc1. The molecule has 0 spiro atoms. The maximum absolute atomic E-state index is 13.0. The normalized spacial score (nSPS) is 19.4. The van der Waals surface area contributed by atoms with Gasteiger partial charge in [-0.25, -0.2) is 4.68 Å². The van der Waals surface area contributed by atoms with E-state index in [-0.39, 0.29) is 11.7 Å². The van der Waals surface area contributed by atoms with Crippen molar-refractivity contribution in [3.8, 4) is 11.8 Å². The number of piperidine rings is 1. The molecule has 0 N–H and O–H groups in total. The molecule has 33 heavy (non-hydrogen) atoms. The van der Waals surface area contributed by atoms with Crippen LogP contribution in [0.25, 0.3) is 5.69 Å². The summed E-state index contributed by atoms with van der Waals surface area (Å²) >= 11 is 3.58.